The predicted octanol–water partition coefficient (Wildman–Crippen LogP) is 2.97. The van der Waals surface area contributed by atoms with Gasteiger partial charge in [0.05, 0.1) is 16.3 Å². The standard InChI is InChI=1S/C12H10BrFN2O2S/c13-8-4-5-12(11(15)6-8)16-19(17,18)10-3-1-2-9(14)7-10/h1-7,16H,15H2. The van der Waals surface area contributed by atoms with E-state index in [0.29, 0.717) is 0 Å². The highest BCUT2D eigenvalue weighted by Gasteiger charge is 2.16. The molecule has 0 amide bonds. The number of hydrogen-bond donors (Lipinski definition) is 2. The number of nitrogens with two attached hydrogens (primary N) is 1. The van der Waals surface area contributed by atoms with Crippen LogP contribution < -0.4 is 10.5 Å². The van der Waals surface area contributed by atoms with Crippen LogP contribution in [0.2, 0.25) is 0 Å². The minimum absolute atomic E-state index is 0.158. The van der Waals surface area contributed by atoms with E-state index in [9.17, 15) is 12.8 Å². The van der Waals surface area contributed by atoms with Gasteiger partial charge in [0.2, 0.25) is 0 Å². The maximum absolute atomic E-state index is 13.0. The number of halogens is 2. The molecular weight excluding hydrogens is 335 g/mol. The molecule has 0 aliphatic carbocycles. The van der Waals surface area contributed by atoms with Crippen LogP contribution in [0.1, 0.15) is 0 Å². The summed E-state index contributed by atoms with van der Waals surface area (Å²) in [6.07, 6.45) is 0. The van der Waals surface area contributed by atoms with Gasteiger partial charge < -0.3 is 5.73 Å². The summed E-state index contributed by atoms with van der Waals surface area (Å²) in [5.74, 6) is -0.619. The number of nitrogen functional groups attached to an aromatic ring is 1. The summed E-state index contributed by atoms with van der Waals surface area (Å²) in [6.45, 7) is 0. The van der Waals surface area contributed by atoms with Crippen LogP contribution in [0.5, 0.6) is 0 Å². The van der Waals surface area contributed by atoms with Crippen LogP contribution in [0.4, 0.5) is 15.8 Å². The highest BCUT2D eigenvalue weighted by molar-refractivity contribution is 9.10. The van der Waals surface area contributed by atoms with Crippen LogP contribution in [0.15, 0.2) is 51.8 Å². The van der Waals surface area contributed by atoms with Crippen molar-refractivity contribution in [2.45, 2.75) is 4.90 Å². The molecule has 0 fully saturated rings. The molecule has 0 aromatic heterocycles. The molecule has 19 heavy (non-hydrogen) atoms. The van der Waals surface area contributed by atoms with Gasteiger partial charge in [-0.05, 0) is 36.4 Å². The Morgan fingerprint density at radius 1 is 1.16 bits per heavy atom. The summed E-state index contributed by atoms with van der Waals surface area (Å²) in [7, 11) is -3.86. The molecule has 0 aliphatic heterocycles. The van der Waals surface area contributed by atoms with Gasteiger partial charge in [-0.2, -0.15) is 0 Å². The number of rotatable bonds is 3. The number of benzene rings is 2. The van der Waals surface area contributed by atoms with Crippen LogP contribution in [-0.2, 0) is 10.0 Å². The van der Waals surface area contributed by atoms with Crippen molar-refractivity contribution in [2.75, 3.05) is 10.5 Å². The van der Waals surface area contributed by atoms with Crippen molar-refractivity contribution in [3.8, 4) is 0 Å². The summed E-state index contributed by atoms with van der Waals surface area (Å²) in [4.78, 5) is -0.158. The Hall–Kier alpha value is -1.60. The third-order valence-corrected chi connectivity index (χ3v) is 4.22. The fraction of sp³-hybridized carbons (Fsp3) is 0. The maximum Gasteiger partial charge on any atom is 0.262 e. The molecule has 2 aromatic carbocycles. The van der Waals surface area contributed by atoms with Crippen molar-refractivity contribution in [3.05, 3.63) is 52.8 Å². The van der Waals surface area contributed by atoms with Gasteiger partial charge in [0, 0.05) is 4.47 Å². The van der Waals surface area contributed by atoms with Crippen LogP contribution in [0, 0.1) is 5.82 Å². The van der Waals surface area contributed by atoms with Gasteiger partial charge in [-0.25, -0.2) is 12.8 Å². The lowest BCUT2D eigenvalue weighted by Gasteiger charge is -2.10. The van der Waals surface area contributed by atoms with E-state index in [1.165, 1.54) is 24.3 Å². The number of hydrogen-bond acceptors (Lipinski definition) is 3. The maximum atomic E-state index is 13.0. The van der Waals surface area contributed by atoms with Crippen molar-refractivity contribution in [1.82, 2.24) is 0 Å². The Morgan fingerprint density at radius 3 is 2.53 bits per heavy atom. The molecular formula is C12H10BrFN2O2S. The first-order valence-electron chi connectivity index (χ1n) is 5.22. The molecule has 7 heteroatoms. The molecule has 0 saturated carbocycles. The Bertz CT molecular complexity index is 719. The number of nitrogens with one attached hydrogen (secondary N) is 1. The Balaban J connectivity index is 2.36. The van der Waals surface area contributed by atoms with Crippen LogP contribution in [0.3, 0.4) is 0 Å². The molecule has 0 saturated heterocycles. The van der Waals surface area contributed by atoms with E-state index >= 15 is 0 Å². The Morgan fingerprint density at radius 2 is 1.89 bits per heavy atom. The van der Waals surface area contributed by atoms with Gasteiger partial charge in [0.25, 0.3) is 10.0 Å². The third-order valence-electron chi connectivity index (χ3n) is 2.36. The van der Waals surface area contributed by atoms with Crippen molar-refractivity contribution in [3.63, 3.8) is 0 Å². The SMILES string of the molecule is Nc1cc(Br)ccc1NS(=O)(=O)c1cccc(F)c1. The predicted molar refractivity (Wildman–Crippen MR) is 75.8 cm³/mol. The second-order valence-electron chi connectivity index (χ2n) is 3.79. The van der Waals surface area contributed by atoms with E-state index in [2.05, 4.69) is 20.7 Å². The van der Waals surface area contributed by atoms with Crippen molar-refractivity contribution in [2.24, 2.45) is 0 Å². The smallest absolute Gasteiger partial charge is 0.262 e. The quantitative estimate of drug-likeness (QED) is 0.840. The highest BCUT2D eigenvalue weighted by atomic mass is 79.9. The molecule has 0 unspecified atom stereocenters. The van der Waals surface area contributed by atoms with Crippen LogP contribution >= 0.6 is 15.9 Å². The van der Waals surface area contributed by atoms with Gasteiger partial charge >= 0.3 is 0 Å². The molecule has 0 atom stereocenters. The fourth-order valence-corrected chi connectivity index (χ4v) is 2.96. The lowest BCUT2D eigenvalue weighted by Crippen LogP contribution is -2.14. The topological polar surface area (TPSA) is 72.2 Å². The summed E-state index contributed by atoms with van der Waals surface area (Å²) in [6, 6.07) is 9.50. The van der Waals surface area contributed by atoms with Gasteiger partial charge in [-0.15, -0.1) is 0 Å². The lowest BCUT2D eigenvalue weighted by atomic mass is 10.3. The third kappa shape index (κ3) is 3.24. The molecule has 0 heterocycles. The van der Waals surface area contributed by atoms with Gasteiger partial charge in [-0.3, -0.25) is 4.72 Å². The van der Waals surface area contributed by atoms with Crippen LogP contribution in [-0.4, -0.2) is 8.42 Å². The first-order valence-corrected chi connectivity index (χ1v) is 7.49. The van der Waals surface area contributed by atoms with Crippen LogP contribution in [0.25, 0.3) is 0 Å². The summed E-state index contributed by atoms with van der Waals surface area (Å²) < 4.78 is 40.2. The number of anilines is 2. The second kappa shape index (κ2) is 5.18. The van der Waals surface area contributed by atoms with Crippen molar-refractivity contribution >= 4 is 37.3 Å². The van der Waals surface area contributed by atoms with Crippen molar-refractivity contribution in [1.29, 1.82) is 0 Å². The second-order valence-corrected chi connectivity index (χ2v) is 6.39. The zero-order valence-electron chi connectivity index (χ0n) is 9.60. The van der Waals surface area contributed by atoms with E-state index in [4.69, 9.17) is 5.73 Å². The summed E-state index contributed by atoms with van der Waals surface area (Å²) >= 11 is 3.22. The summed E-state index contributed by atoms with van der Waals surface area (Å²) in [5.41, 5.74) is 6.22. The van der Waals surface area contributed by atoms with Gasteiger partial charge in [0.1, 0.15) is 5.82 Å². The zero-order valence-corrected chi connectivity index (χ0v) is 12.0. The lowest BCUT2D eigenvalue weighted by molar-refractivity contribution is 0.595. The van der Waals surface area contributed by atoms with Gasteiger partial charge in [-0.1, -0.05) is 22.0 Å². The van der Waals surface area contributed by atoms with E-state index < -0.39 is 15.8 Å². The largest absolute Gasteiger partial charge is 0.397 e. The fourth-order valence-electron chi connectivity index (χ4n) is 1.46. The summed E-state index contributed by atoms with van der Waals surface area (Å²) in [5, 5.41) is 0. The zero-order chi connectivity index (χ0) is 14.0. The Labute approximate surface area is 118 Å². The van der Waals surface area contributed by atoms with E-state index in [1.54, 1.807) is 12.1 Å². The molecule has 0 spiro atoms. The van der Waals surface area contributed by atoms with Gasteiger partial charge in [0.15, 0.2) is 0 Å². The molecule has 2 aromatic rings. The monoisotopic (exact) mass is 344 g/mol. The molecule has 0 radical (unpaired) electrons. The molecule has 0 bridgehead atoms. The van der Waals surface area contributed by atoms with E-state index in [1.807, 2.05) is 0 Å². The average Bonchev–Trinajstić information content (AvgIpc) is 2.33. The van der Waals surface area contributed by atoms with E-state index in [-0.39, 0.29) is 16.3 Å². The minimum Gasteiger partial charge on any atom is -0.397 e. The van der Waals surface area contributed by atoms with Crippen molar-refractivity contribution < 1.29 is 12.8 Å². The normalized spacial score (nSPS) is 11.3. The molecule has 100 valence electrons. The average molecular weight is 345 g/mol. The molecule has 2 rings (SSSR count). The van der Waals surface area contributed by atoms with E-state index in [0.717, 1.165) is 10.5 Å². The molecule has 4 nitrogen and oxygen atoms in total. The highest BCUT2D eigenvalue weighted by Crippen LogP contribution is 2.25. The first kappa shape index (κ1) is 13.8. The number of sulfonamides is 1. The Kier molecular flexibility index (Phi) is 3.77. The first-order chi connectivity index (χ1) is 8.88. The minimum atomic E-state index is -3.86. The molecule has 0 aliphatic rings. The molecule has 3 N–H and O–H groups in total.